The molecule has 2 rings (SSSR count). The largest absolute Gasteiger partial charge is 0.328 e. The topological polar surface area (TPSA) is 38.5 Å². The van der Waals surface area contributed by atoms with Crippen LogP contribution in [0.15, 0.2) is 0 Å². The Kier molecular flexibility index (Phi) is 3.90. The predicted molar refractivity (Wildman–Crippen MR) is 77.4 cm³/mol. The molecule has 100 valence electrons. The SMILES string of the molecule is CCC(CC)Cn1c(=S)[nH]c2c(C)nn(CC)c21. The minimum Gasteiger partial charge on any atom is -0.328 e. The maximum atomic E-state index is 5.45. The van der Waals surface area contributed by atoms with Crippen molar-refractivity contribution in [1.29, 1.82) is 0 Å². The monoisotopic (exact) mass is 266 g/mol. The van der Waals surface area contributed by atoms with Gasteiger partial charge in [0.05, 0.1) is 5.69 Å². The summed E-state index contributed by atoms with van der Waals surface area (Å²) < 4.78 is 5.07. The van der Waals surface area contributed by atoms with E-state index in [1.807, 2.05) is 11.6 Å². The third-order valence-electron chi connectivity index (χ3n) is 3.73. The van der Waals surface area contributed by atoms with E-state index in [1.165, 1.54) is 12.8 Å². The number of aromatic amines is 1. The number of hydrogen-bond acceptors (Lipinski definition) is 2. The molecule has 0 radical (unpaired) electrons. The molecule has 0 fully saturated rings. The molecular weight excluding hydrogens is 244 g/mol. The van der Waals surface area contributed by atoms with Gasteiger partial charge < -0.3 is 9.55 Å². The lowest BCUT2D eigenvalue weighted by Crippen LogP contribution is -2.12. The molecule has 1 N–H and O–H groups in total. The van der Waals surface area contributed by atoms with E-state index in [1.54, 1.807) is 0 Å². The Morgan fingerprint density at radius 3 is 2.50 bits per heavy atom. The van der Waals surface area contributed by atoms with Crippen molar-refractivity contribution in [1.82, 2.24) is 19.3 Å². The van der Waals surface area contributed by atoms with Crippen molar-refractivity contribution in [3.05, 3.63) is 10.5 Å². The van der Waals surface area contributed by atoms with Crippen LogP contribution in [0.25, 0.3) is 11.2 Å². The van der Waals surface area contributed by atoms with E-state index < -0.39 is 0 Å². The van der Waals surface area contributed by atoms with Gasteiger partial charge in [0, 0.05) is 13.1 Å². The fourth-order valence-corrected chi connectivity index (χ4v) is 2.72. The van der Waals surface area contributed by atoms with Crippen molar-refractivity contribution >= 4 is 23.4 Å². The summed E-state index contributed by atoms with van der Waals surface area (Å²) in [6, 6.07) is 0. The summed E-state index contributed by atoms with van der Waals surface area (Å²) in [6.45, 7) is 10.5. The highest BCUT2D eigenvalue weighted by Gasteiger charge is 2.15. The van der Waals surface area contributed by atoms with E-state index in [4.69, 9.17) is 12.2 Å². The van der Waals surface area contributed by atoms with Gasteiger partial charge in [-0.3, -0.25) is 0 Å². The molecule has 0 unspecified atom stereocenters. The van der Waals surface area contributed by atoms with Crippen LogP contribution in [0.4, 0.5) is 0 Å². The Hall–Kier alpha value is -1.10. The second kappa shape index (κ2) is 5.26. The lowest BCUT2D eigenvalue weighted by molar-refractivity contribution is 0.417. The van der Waals surface area contributed by atoms with Gasteiger partial charge in [0.1, 0.15) is 5.52 Å². The number of hydrogen-bond donors (Lipinski definition) is 1. The molecule has 0 aliphatic rings. The standard InChI is InChI=1S/C13H22N4S/c1-5-10(6-2)8-16-12-11(14-13(16)18)9(4)15-17(12)7-3/h10H,5-8H2,1-4H3,(H,14,18). The van der Waals surface area contributed by atoms with Crippen molar-refractivity contribution in [2.24, 2.45) is 5.92 Å². The van der Waals surface area contributed by atoms with E-state index in [0.717, 1.165) is 34.7 Å². The number of H-pyrrole nitrogens is 1. The highest BCUT2D eigenvalue weighted by molar-refractivity contribution is 7.71. The molecule has 2 aromatic rings. The Morgan fingerprint density at radius 1 is 1.28 bits per heavy atom. The summed E-state index contributed by atoms with van der Waals surface area (Å²) in [5, 5.41) is 4.55. The number of imidazole rings is 1. The lowest BCUT2D eigenvalue weighted by atomic mass is 10.0. The molecule has 0 spiro atoms. The fraction of sp³-hybridized carbons (Fsp3) is 0.692. The van der Waals surface area contributed by atoms with Crippen LogP contribution in [0.3, 0.4) is 0 Å². The molecule has 0 saturated carbocycles. The van der Waals surface area contributed by atoms with Crippen molar-refractivity contribution in [3.63, 3.8) is 0 Å². The van der Waals surface area contributed by atoms with E-state index in [2.05, 4.69) is 35.4 Å². The number of nitrogens with one attached hydrogen (secondary N) is 1. The number of aryl methyl sites for hydroxylation is 2. The van der Waals surface area contributed by atoms with Gasteiger partial charge in [0.25, 0.3) is 0 Å². The Morgan fingerprint density at radius 2 is 1.94 bits per heavy atom. The molecule has 5 heteroatoms. The van der Waals surface area contributed by atoms with Crippen molar-refractivity contribution < 1.29 is 0 Å². The third kappa shape index (κ3) is 2.11. The summed E-state index contributed by atoms with van der Waals surface area (Å²) in [5.74, 6) is 0.677. The Bertz CT molecular complexity index is 586. The number of nitrogens with zero attached hydrogens (tertiary/aromatic N) is 3. The minimum atomic E-state index is 0.677. The number of fused-ring (bicyclic) bond motifs is 1. The van der Waals surface area contributed by atoms with Crippen LogP contribution in [-0.4, -0.2) is 19.3 Å². The highest BCUT2D eigenvalue weighted by Crippen LogP contribution is 2.21. The van der Waals surface area contributed by atoms with Gasteiger partial charge in [0.15, 0.2) is 10.4 Å². The van der Waals surface area contributed by atoms with Gasteiger partial charge in [-0.1, -0.05) is 26.7 Å². The molecule has 0 saturated heterocycles. The van der Waals surface area contributed by atoms with Crippen LogP contribution in [0.5, 0.6) is 0 Å². The van der Waals surface area contributed by atoms with Gasteiger partial charge in [-0.2, -0.15) is 5.10 Å². The fourth-order valence-electron chi connectivity index (χ4n) is 2.46. The summed E-state index contributed by atoms with van der Waals surface area (Å²) in [7, 11) is 0. The minimum absolute atomic E-state index is 0.677. The van der Waals surface area contributed by atoms with Crippen molar-refractivity contribution in [3.8, 4) is 0 Å². The first-order valence-corrected chi connectivity index (χ1v) is 7.19. The number of aromatic nitrogens is 4. The zero-order valence-corrected chi connectivity index (χ0v) is 12.5. The molecule has 0 aliphatic heterocycles. The van der Waals surface area contributed by atoms with Crippen molar-refractivity contribution in [2.45, 2.75) is 53.6 Å². The predicted octanol–water partition coefficient (Wildman–Crippen LogP) is 3.66. The van der Waals surface area contributed by atoms with Gasteiger partial charge in [-0.25, -0.2) is 4.68 Å². The van der Waals surface area contributed by atoms with E-state index in [0.29, 0.717) is 5.92 Å². The lowest BCUT2D eigenvalue weighted by Gasteiger charge is -2.14. The van der Waals surface area contributed by atoms with E-state index in [-0.39, 0.29) is 0 Å². The van der Waals surface area contributed by atoms with Crippen LogP contribution in [0, 0.1) is 17.6 Å². The first-order valence-electron chi connectivity index (χ1n) is 6.78. The smallest absolute Gasteiger partial charge is 0.179 e. The second-order valence-electron chi connectivity index (χ2n) is 4.82. The van der Waals surface area contributed by atoms with Crippen LogP contribution in [-0.2, 0) is 13.1 Å². The average Bonchev–Trinajstić information content (AvgIpc) is 2.85. The highest BCUT2D eigenvalue weighted by atomic mass is 32.1. The van der Waals surface area contributed by atoms with Gasteiger partial charge in [0.2, 0.25) is 0 Å². The molecule has 0 bridgehead atoms. The van der Waals surface area contributed by atoms with E-state index >= 15 is 0 Å². The first kappa shape index (κ1) is 13.3. The molecule has 0 aromatic carbocycles. The van der Waals surface area contributed by atoms with Crippen LogP contribution < -0.4 is 0 Å². The molecule has 0 atom stereocenters. The Labute approximate surface area is 113 Å². The number of rotatable bonds is 5. The maximum absolute atomic E-state index is 5.45. The molecule has 0 aliphatic carbocycles. The first-order chi connectivity index (χ1) is 8.62. The molecule has 0 amide bonds. The molecule has 2 aromatic heterocycles. The molecule has 4 nitrogen and oxygen atoms in total. The van der Waals surface area contributed by atoms with Gasteiger partial charge >= 0.3 is 0 Å². The average molecular weight is 266 g/mol. The molecule has 18 heavy (non-hydrogen) atoms. The Balaban J connectivity index is 2.55. The van der Waals surface area contributed by atoms with Crippen LogP contribution in [0.1, 0.15) is 39.3 Å². The maximum Gasteiger partial charge on any atom is 0.179 e. The van der Waals surface area contributed by atoms with Gasteiger partial charge in [-0.05, 0) is 32.0 Å². The third-order valence-corrected chi connectivity index (χ3v) is 4.05. The van der Waals surface area contributed by atoms with Gasteiger partial charge in [-0.15, -0.1) is 0 Å². The van der Waals surface area contributed by atoms with Crippen LogP contribution in [0.2, 0.25) is 0 Å². The summed E-state index contributed by atoms with van der Waals surface area (Å²) in [5.41, 5.74) is 3.26. The quantitative estimate of drug-likeness (QED) is 0.839. The summed E-state index contributed by atoms with van der Waals surface area (Å²) in [6.07, 6.45) is 2.37. The van der Waals surface area contributed by atoms with Crippen LogP contribution >= 0.6 is 12.2 Å². The van der Waals surface area contributed by atoms with E-state index in [9.17, 15) is 0 Å². The molecular formula is C13H22N4S. The summed E-state index contributed by atoms with van der Waals surface area (Å²) >= 11 is 5.45. The normalized spacial score (nSPS) is 11.8. The summed E-state index contributed by atoms with van der Waals surface area (Å²) in [4.78, 5) is 3.30. The second-order valence-corrected chi connectivity index (χ2v) is 5.21. The van der Waals surface area contributed by atoms with Crippen molar-refractivity contribution in [2.75, 3.05) is 0 Å². The zero-order valence-electron chi connectivity index (χ0n) is 11.7. The molecule has 2 heterocycles. The zero-order chi connectivity index (χ0) is 13.3.